The fourth-order valence-corrected chi connectivity index (χ4v) is 9.72. The number of allylic oxidation sites excluding steroid dienone is 6. The summed E-state index contributed by atoms with van der Waals surface area (Å²) in [6.07, 6.45) is 30.4. The van der Waals surface area contributed by atoms with Gasteiger partial charge in [0.05, 0.1) is 12.0 Å². The molecule has 0 aliphatic heterocycles. The summed E-state index contributed by atoms with van der Waals surface area (Å²) >= 11 is 0. The fraction of sp³-hybridized carbons (Fsp3) is 0.771. The van der Waals surface area contributed by atoms with E-state index in [2.05, 4.69) is 70.1 Å². The summed E-state index contributed by atoms with van der Waals surface area (Å²) in [5, 5.41) is 0. The van der Waals surface area contributed by atoms with Crippen LogP contribution in [0.4, 0.5) is 0 Å². The summed E-state index contributed by atoms with van der Waals surface area (Å²) in [5.41, 5.74) is 0.0261. The van der Waals surface area contributed by atoms with Crippen LogP contribution < -0.4 is 9.79 Å². The Morgan fingerprint density at radius 3 is 1.51 bits per heavy atom. The van der Waals surface area contributed by atoms with E-state index in [-0.39, 0.29) is 509 Å². The Hall–Kier alpha value is 16.1. The molecule has 0 amide bonds. The molecule has 0 spiro atoms. The van der Waals surface area contributed by atoms with E-state index in [1.807, 2.05) is 27.7 Å². The normalized spacial score (nSPS) is 21.0. The molecule has 8 unspecified atom stereocenters. The molecule has 295 valence electrons. The third-order valence-corrected chi connectivity index (χ3v) is 11.9. The Balaban J connectivity index is -0.0000000516. The van der Waals surface area contributed by atoms with Crippen LogP contribution in [0.25, 0.3) is 0 Å². The maximum absolute atomic E-state index is 12.4. The third-order valence-electron chi connectivity index (χ3n) is 7.79. The molecule has 0 aromatic rings. The maximum atomic E-state index is 12.4. The van der Waals surface area contributed by atoms with Gasteiger partial charge in [-0.25, -0.2) is 0 Å². The summed E-state index contributed by atoms with van der Waals surface area (Å²) in [6, 6.07) is 0. The van der Waals surface area contributed by atoms with Gasteiger partial charge >= 0.3 is 0 Å². The smallest absolute Gasteiger partial charge is 0.141 e. The van der Waals surface area contributed by atoms with E-state index in [1.54, 1.807) is 6.92 Å². The van der Waals surface area contributed by atoms with Gasteiger partial charge in [0, 0.05) is 498 Å². The Morgan fingerprint density at radius 2 is 1.11 bits per heavy atom. The van der Waals surface area contributed by atoms with Gasteiger partial charge in [0.1, 0.15) is 7.60 Å². The van der Waals surface area contributed by atoms with Crippen molar-refractivity contribution in [2.45, 2.75) is 133 Å². The first-order valence-corrected chi connectivity index (χ1v) is 20.0. The number of rotatable bonds is 18. The SMILES string of the molecule is C.CC.CC.CC[C-]=CCC[C-]=CCC[CH-]C1C([CH-]CCC=[C-]CC)CCC2(C)C(C(C)OP(=O)([O-])CP(C)(=O)[O-])C12.[Y].[Y].[Y].[Y].[Y].[Y].[Y].[Y].[Y].[Y].[Y].[Y].[Y].[Y].[Y]. The van der Waals surface area contributed by atoms with Crippen molar-refractivity contribution in [1.29, 1.82) is 0 Å². The molecular weight excluding hydrogens is 1900 g/mol. The van der Waals surface area contributed by atoms with Gasteiger partial charge in [0.25, 0.3) is 0 Å². The van der Waals surface area contributed by atoms with Crippen molar-refractivity contribution in [2.24, 2.45) is 29.1 Å². The average Bonchev–Trinajstić information content (AvgIpc) is 3.55. The molecule has 2 aliphatic carbocycles. The van der Waals surface area contributed by atoms with Crippen molar-refractivity contribution in [3.8, 4) is 0 Å². The van der Waals surface area contributed by atoms with Crippen LogP contribution in [0.5, 0.6) is 0 Å². The van der Waals surface area contributed by atoms with Gasteiger partial charge in [-0.15, -0.1) is 0 Å². The van der Waals surface area contributed by atoms with Crippen LogP contribution in [0.3, 0.4) is 0 Å². The quantitative estimate of drug-likeness (QED) is 0.0776. The van der Waals surface area contributed by atoms with E-state index in [0.29, 0.717) is 17.8 Å². The largest absolute Gasteiger partial charge is 0.799 e. The molecule has 5 nitrogen and oxygen atoms in total. The van der Waals surface area contributed by atoms with Crippen LogP contribution in [-0.2, 0) is 504 Å². The Morgan fingerprint density at radius 1 is 0.719 bits per heavy atom. The van der Waals surface area contributed by atoms with E-state index in [0.717, 1.165) is 70.9 Å². The number of hydrogen-bond acceptors (Lipinski definition) is 5. The van der Waals surface area contributed by atoms with Gasteiger partial charge in [-0.1, -0.05) is 87.5 Å². The summed E-state index contributed by atoms with van der Waals surface area (Å²) in [6.45, 7) is 17.2. The molecule has 0 aromatic carbocycles. The van der Waals surface area contributed by atoms with Gasteiger partial charge in [-0.2, -0.15) is 43.9 Å². The number of hydrogen-bond donors (Lipinski definition) is 0. The first-order chi connectivity index (χ1) is 19.4. The van der Waals surface area contributed by atoms with Gasteiger partial charge < -0.3 is 54.5 Å². The zero-order valence-corrected chi connectivity index (χ0v) is 80.5. The monoisotopic (exact) mass is 1960 g/mol. The maximum Gasteiger partial charge on any atom is 0.141 e. The van der Waals surface area contributed by atoms with Crippen LogP contribution >= 0.6 is 15.0 Å². The molecule has 22 heteroatoms. The van der Waals surface area contributed by atoms with Crippen molar-refractivity contribution in [2.75, 3.05) is 12.6 Å². The molecule has 15 radical (unpaired) electrons. The van der Waals surface area contributed by atoms with Crippen LogP contribution in [-0.4, -0.2) is 18.7 Å². The van der Waals surface area contributed by atoms with Crippen molar-refractivity contribution in [3.05, 3.63) is 49.3 Å². The molecule has 0 heterocycles. The second-order valence-electron chi connectivity index (χ2n) is 11.0. The summed E-state index contributed by atoms with van der Waals surface area (Å²) < 4.78 is 29.5. The van der Waals surface area contributed by atoms with E-state index in [9.17, 15) is 18.9 Å². The van der Waals surface area contributed by atoms with Gasteiger partial charge in [-0.05, 0) is 31.3 Å². The van der Waals surface area contributed by atoms with E-state index in [4.69, 9.17) is 4.52 Å². The van der Waals surface area contributed by atoms with Gasteiger partial charge in [0.15, 0.2) is 0 Å². The molecule has 57 heavy (non-hydrogen) atoms. The number of fused-ring (bicyclic) bond motifs is 1. The molecule has 0 saturated heterocycles. The molecule has 0 N–H and O–H groups in total. The first kappa shape index (κ1) is 121. The Bertz CT molecular complexity index is 909. The average molecular weight is 1960 g/mol. The summed E-state index contributed by atoms with van der Waals surface area (Å²) in [4.78, 5) is 24.0. The van der Waals surface area contributed by atoms with E-state index in [1.165, 1.54) is 0 Å². The van der Waals surface area contributed by atoms with Crippen molar-refractivity contribution < 1.29 is 514 Å². The zero-order valence-electron chi connectivity index (χ0n) is 36.1. The summed E-state index contributed by atoms with van der Waals surface area (Å²) in [7, 11) is -8.41. The van der Waals surface area contributed by atoms with Crippen molar-refractivity contribution >= 4 is 15.0 Å². The van der Waals surface area contributed by atoms with Crippen LogP contribution in [0.2, 0.25) is 0 Å². The van der Waals surface area contributed by atoms with Gasteiger partial charge in [0.2, 0.25) is 0 Å². The second kappa shape index (κ2) is 76.4. The molecule has 2 aliphatic rings. The minimum absolute atomic E-state index is 0. The van der Waals surface area contributed by atoms with Crippen molar-refractivity contribution in [1.82, 2.24) is 0 Å². The molecular formula is C35H63O5P2Y15-7. The second-order valence-corrected chi connectivity index (χ2v) is 15.6. The summed E-state index contributed by atoms with van der Waals surface area (Å²) in [5.74, 6) is 0.367. The Kier molecular flexibility index (Phi) is 162. The van der Waals surface area contributed by atoms with E-state index >= 15 is 0 Å². The predicted molar refractivity (Wildman–Crippen MR) is 178 cm³/mol. The Labute approximate surface area is 732 Å². The minimum atomic E-state index is -4.45. The predicted octanol–water partition coefficient (Wildman–Crippen LogP) is 9.75. The molecule has 0 bridgehead atoms. The van der Waals surface area contributed by atoms with Crippen LogP contribution in [0.1, 0.15) is 127 Å². The van der Waals surface area contributed by atoms with Crippen LogP contribution in [0, 0.1) is 60.2 Å². The zero-order chi connectivity index (χ0) is 31.5. The molecule has 0 aromatic heterocycles. The first-order valence-electron chi connectivity index (χ1n) is 16.0. The van der Waals surface area contributed by atoms with Gasteiger partial charge in [-0.3, -0.25) is 18.2 Å². The fourth-order valence-electron chi connectivity index (χ4n) is 6.30. The van der Waals surface area contributed by atoms with E-state index < -0.39 is 27.0 Å². The van der Waals surface area contributed by atoms with Crippen molar-refractivity contribution in [3.63, 3.8) is 0 Å². The molecule has 2 fully saturated rings. The van der Waals surface area contributed by atoms with Crippen LogP contribution in [0.15, 0.2) is 18.2 Å². The topological polar surface area (TPSA) is 89.5 Å². The third kappa shape index (κ3) is 59.6. The number of unbranched alkanes of at least 4 members (excludes halogenated alkanes) is 3. The standard InChI is InChI=1S/C30H49O5P2.2C2H6.CH4.15Y/c1-6-8-10-12-13-14-15-17-19-21-27-26(20-18-16-11-9-7-2)22-23-30(4)28(29(27)30)25(3)35-37(33,34)24-36(5,31)32;2*1-2;;;;;;;;;;;;;;;;/h10-11,15,20-21,25-29H,6-7,12-13,16-19,22-24H2,1-5H3,(H,31,32)(H,33,34);2*1-2H3;1H4;;;;;;;;;;;;;;;/q-5;;;;;;;;;;;;;;;;;;/p-2. The minimum Gasteiger partial charge on any atom is -0.799 e. The molecule has 8 atom stereocenters. The molecule has 2 rings (SSSR count). The molecule has 2 saturated carbocycles.